The van der Waals surface area contributed by atoms with Gasteiger partial charge in [0.1, 0.15) is 5.75 Å². The topological polar surface area (TPSA) is 121 Å². The summed E-state index contributed by atoms with van der Waals surface area (Å²) in [5, 5.41) is 0. The van der Waals surface area contributed by atoms with E-state index >= 15 is 0 Å². The first kappa shape index (κ1) is 47.4. The monoisotopic (exact) mass is 873 g/mol. The molecule has 0 amide bonds. The first-order valence-electron chi connectivity index (χ1n) is 24.1. The van der Waals surface area contributed by atoms with Crippen molar-refractivity contribution in [1.82, 2.24) is 39.9 Å². The standard InChI is InChI=1S/C52H68N10O.Mg/c1-10-16-37-38(17-11-2)46-53-45(37)54-47-39(18-12-3)41(20-14-5)49(56-47)58-51-43(61(7)8)44(52(60-51)59-50-42(21-15-6)40(19-13-4)48(55-46)57-50)62(9)30-32-23-26-36(27-24-32)63-31-35-29-33-22-25-34(35)28-33;/h22-27,33-35H,10-21,28-31H2,1-9H3;/q-2;+2/t33-,34+,35?;/m1./s1. The van der Waals surface area contributed by atoms with Crippen LogP contribution >= 0.6 is 0 Å². The van der Waals surface area contributed by atoms with E-state index in [0.717, 1.165) is 146 Å². The van der Waals surface area contributed by atoms with Crippen LogP contribution in [0.4, 0.5) is 11.4 Å². The van der Waals surface area contributed by atoms with E-state index in [4.69, 9.17) is 44.6 Å². The van der Waals surface area contributed by atoms with Crippen molar-refractivity contribution >= 4 is 79.3 Å². The molecule has 4 aromatic rings. The summed E-state index contributed by atoms with van der Waals surface area (Å²) in [5.74, 6) is 5.72. The molecule has 1 fully saturated rings. The van der Waals surface area contributed by atoms with Gasteiger partial charge in [0, 0.05) is 50.3 Å². The molecule has 1 unspecified atom stereocenters. The average molecular weight is 873 g/mol. The molecule has 0 radical (unpaired) electrons. The zero-order valence-electron chi connectivity index (χ0n) is 40.1. The van der Waals surface area contributed by atoms with E-state index in [1.807, 2.05) is 0 Å². The minimum Gasteiger partial charge on any atom is -0.493 e. The van der Waals surface area contributed by atoms with Gasteiger partial charge in [0.25, 0.3) is 0 Å². The van der Waals surface area contributed by atoms with Crippen molar-refractivity contribution in [3.8, 4) is 5.75 Å². The summed E-state index contributed by atoms with van der Waals surface area (Å²) in [6, 6.07) is 8.58. The van der Waals surface area contributed by atoms with E-state index in [9.17, 15) is 0 Å². The van der Waals surface area contributed by atoms with Gasteiger partial charge in [-0.2, -0.15) is 0 Å². The van der Waals surface area contributed by atoms with Crippen LogP contribution in [0.25, 0.3) is 44.9 Å². The molecule has 2 aliphatic carbocycles. The summed E-state index contributed by atoms with van der Waals surface area (Å²) < 4.78 is 6.34. The number of allylic oxidation sites excluding steroid dienone is 6. The van der Waals surface area contributed by atoms with Crippen LogP contribution in [0.3, 0.4) is 0 Å². The van der Waals surface area contributed by atoms with Crippen LogP contribution < -0.4 is 24.5 Å². The van der Waals surface area contributed by atoms with E-state index < -0.39 is 0 Å². The van der Waals surface area contributed by atoms with Crippen LogP contribution in [0.2, 0.25) is 0 Å². The molecule has 12 heteroatoms. The second kappa shape index (κ2) is 21.2. The van der Waals surface area contributed by atoms with E-state index in [1.54, 1.807) is 0 Å². The van der Waals surface area contributed by atoms with Crippen molar-refractivity contribution in [3.05, 3.63) is 76.4 Å². The van der Waals surface area contributed by atoms with Gasteiger partial charge in [-0.3, -0.25) is 0 Å². The largest absolute Gasteiger partial charge is 2.00 e. The minimum atomic E-state index is 0. The molecule has 10 bridgehead atoms. The number of aromatic nitrogens is 8. The third-order valence-electron chi connectivity index (χ3n) is 13.1. The number of benzene rings is 1. The second-order valence-corrected chi connectivity index (χ2v) is 18.3. The Labute approximate surface area is 397 Å². The maximum absolute atomic E-state index is 6.34. The van der Waals surface area contributed by atoms with Crippen molar-refractivity contribution < 1.29 is 4.74 Å². The fourth-order valence-corrected chi connectivity index (χ4v) is 10.2. The van der Waals surface area contributed by atoms with Gasteiger partial charge >= 0.3 is 23.1 Å². The summed E-state index contributed by atoms with van der Waals surface area (Å²) in [4.78, 5) is 47.1. The Morgan fingerprint density at radius 2 is 1.00 bits per heavy atom. The molecule has 1 aromatic carbocycles. The maximum Gasteiger partial charge on any atom is 2.00 e. The zero-order chi connectivity index (χ0) is 44.2. The third-order valence-corrected chi connectivity index (χ3v) is 13.1. The Hall–Kier alpha value is -4.55. The van der Waals surface area contributed by atoms with Gasteiger partial charge in [0.15, 0.2) is 0 Å². The molecule has 0 spiro atoms. The van der Waals surface area contributed by atoms with Crippen molar-refractivity contribution in [2.24, 2.45) is 17.8 Å². The number of nitrogens with zero attached hydrogens (tertiary/aromatic N) is 10. The Balaban J connectivity index is 0.00000612. The van der Waals surface area contributed by atoms with Crippen molar-refractivity contribution in [2.75, 3.05) is 37.5 Å². The molecule has 0 saturated heterocycles. The van der Waals surface area contributed by atoms with E-state index in [0.29, 0.717) is 53.0 Å². The van der Waals surface area contributed by atoms with Gasteiger partial charge < -0.3 is 44.4 Å². The summed E-state index contributed by atoms with van der Waals surface area (Å²) >= 11 is 0. The Morgan fingerprint density at radius 1 is 0.547 bits per heavy atom. The van der Waals surface area contributed by atoms with Crippen LogP contribution in [0.5, 0.6) is 5.75 Å². The minimum absolute atomic E-state index is 0. The predicted octanol–water partition coefficient (Wildman–Crippen LogP) is 11.0. The quantitative estimate of drug-likeness (QED) is 0.0661. The molecule has 8 rings (SSSR count). The molecular weight excluding hydrogens is 805 g/mol. The number of rotatable bonds is 19. The van der Waals surface area contributed by atoms with Crippen LogP contribution in [0.1, 0.15) is 159 Å². The third kappa shape index (κ3) is 9.69. The van der Waals surface area contributed by atoms with Gasteiger partial charge in [-0.1, -0.05) is 104 Å². The molecule has 64 heavy (non-hydrogen) atoms. The van der Waals surface area contributed by atoms with Gasteiger partial charge in [-0.25, -0.2) is 9.97 Å². The Morgan fingerprint density at radius 3 is 1.42 bits per heavy atom. The molecule has 3 aromatic heterocycles. The maximum atomic E-state index is 6.34. The van der Waals surface area contributed by atoms with Crippen LogP contribution in [-0.2, 0) is 19.4 Å². The number of hydrogen-bond donors (Lipinski definition) is 0. The molecule has 334 valence electrons. The van der Waals surface area contributed by atoms with Crippen LogP contribution in [0, 0.1) is 17.8 Å². The molecule has 2 aliphatic heterocycles. The summed E-state index contributed by atoms with van der Waals surface area (Å²) in [6.07, 6.45) is 18.3. The zero-order valence-corrected chi connectivity index (χ0v) is 41.5. The van der Waals surface area contributed by atoms with Crippen molar-refractivity contribution in [3.63, 3.8) is 0 Å². The fourth-order valence-electron chi connectivity index (χ4n) is 10.2. The first-order chi connectivity index (χ1) is 30.7. The number of aryl methyl sites for hydroxylation is 2. The van der Waals surface area contributed by atoms with Crippen LogP contribution in [0.15, 0.2) is 36.4 Å². The molecule has 11 nitrogen and oxygen atoms in total. The summed E-state index contributed by atoms with van der Waals surface area (Å²) in [6.45, 7) is 14.7. The van der Waals surface area contributed by atoms with Gasteiger partial charge in [0.05, 0.1) is 41.3 Å². The molecule has 1 saturated carbocycles. The van der Waals surface area contributed by atoms with Gasteiger partial charge in [-0.15, -0.1) is 0 Å². The molecule has 3 atom stereocenters. The summed E-state index contributed by atoms with van der Waals surface area (Å²) in [5.41, 5.74) is 12.5. The second-order valence-electron chi connectivity index (χ2n) is 18.3. The smallest absolute Gasteiger partial charge is 0.493 e. The fraction of sp³-hybridized carbons (Fsp3) is 0.538. The number of hydrogen-bond acceptors (Lipinski definition) is 9. The van der Waals surface area contributed by atoms with E-state index in [-0.39, 0.29) is 23.1 Å². The normalized spacial score (nSPS) is 17.7. The number of ether oxygens (including phenoxy) is 1. The van der Waals surface area contributed by atoms with Crippen molar-refractivity contribution in [1.29, 1.82) is 0 Å². The Kier molecular flexibility index (Phi) is 15.7. The van der Waals surface area contributed by atoms with E-state index in [1.165, 1.54) is 24.0 Å². The van der Waals surface area contributed by atoms with E-state index in [2.05, 4.69) is 109 Å². The average Bonchev–Trinajstić information content (AvgIpc) is 4.13. The van der Waals surface area contributed by atoms with Crippen molar-refractivity contribution in [2.45, 2.75) is 138 Å². The van der Waals surface area contributed by atoms with Crippen LogP contribution in [-0.4, -0.2) is 80.7 Å². The first-order valence-corrected chi connectivity index (χ1v) is 24.1. The van der Waals surface area contributed by atoms with Gasteiger partial charge in [-0.05, 0) is 120 Å². The molecule has 5 heterocycles. The van der Waals surface area contributed by atoms with Gasteiger partial charge in [0.2, 0.25) is 0 Å². The molecular formula is C52H68MgN10O. The number of fused-ring (bicyclic) bond motifs is 10. The Bertz CT molecular complexity index is 2550. The summed E-state index contributed by atoms with van der Waals surface area (Å²) in [7, 11) is 6.25. The number of anilines is 2. The molecule has 0 N–H and O–H groups in total. The SMILES string of the molecule is CCCC1=C(CCC)c2nc1nc1[n-]c(nc3nc(nc4[n-]c(n2)c(N(C)C)c4N(C)Cc2ccc(OCC4C[C@@H]5C=C[C@H]4C5)cc2)C(CCC)=C3CCC)c(CCC)c1CCC.[Mg+2]. The predicted molar refractivity (Wildman–Crippen MR) is 264 cm³/mol. The molecule has 4 aliphatic rings.